The van der Waals surface area contributed by atoms with Crippen molar-refractivity contribution in [2.75, 3.05) is 32.1 Å². The molecule has 1 saturated heterocycles. The fourth-order valence-electron chi connectivity index (χ4n) is 2.74. The zero-order chi connectivity index (χ0) is 17.9. The second-order valence-electron chi connectivity index (χ2n) is 5.63. The molecular formula is C16H19N3O5. The molecule has 8 nitrogen and oxygen atoms in total. The summed E-state index contributed by atoms with van der Waals surface area (Å²) < 4.78 is 10.3. The van der Waals surface area contributed by atoms with E-state index in [-0.39, 0.29) is 47.4 Å². The Balaban J connectivity index is 2.11. The van der Waals surface area contributed by atoms with Crippen LogP contribution in [0.1, 0.15) is 35.0 Å². The molecule has 2 heterocycles. The van der Waals surface area contributed by atoms with Crippen molar-refractivity contribution in [3.05, 3.63) is 16.9 Å². The van der Waals surface area contributed by atoms with Gasteiger partial charge in [-0.05, 0) is 13.8 Å². The molecule has 0 bridgehead atoms. The number of hydrogen-bond donors (Lipinski definition) is 1. The number of Topliss-reactive ketones (excluding diaryl/α,β-unsaturated/α-hetero) is 1. The van der Waals surface area contributed by atoms with Crippen LogP contribution >= 0.6 is 0 Å². The molecule has 0 spiro atoms. The van der Waals surface area contributed by atoms with E-state index in [9.17, 15) is 19.6 Å². The van der Waals surface area contributed by atoms with E-state index in [4.69, 9.17) is 9.15 Å². The van der Waals surface area contributed by atoms with Crippen LogP contribution in [-0.2, 0) is 14.3 Å². The Morgan fingerprint density at radius 1 is 1.50 bits per heavy atom. The standard InChI is InChI=1S/C16H19N3O5/c1-9(20)14-10(2)24-16(12(14)7-17)18-15(22)11-6-13(21)19(8-11)4-5-23-3/h11H,4-6,8H2,1-3H3,(H,18,22). The number of amides is 2. The van der Waals surface area contributed by atoms with E-state index in [0.717, 1.165) is 0 Å². The summed E-state index contributed by atoms with van der Waals surface area (Å²) in [5, 5.41) is 11.8. The van der Waals surface area contributed by atoms with E-state index in [0.29, 0.717) is 13.2 Å². The number of carbonyl (C=O) groups excluding carboxylic acids is 3. The Labute approximate surface area is 139 Å². The van der Waals surface area contributed by atoms with Crippen LogP contribution in [0, 0.1) is 24.2 Å². The van der Waals surface area contributed by atoms with Crippen molar-refractivity contribution in [3.8, 4) is 6.07 Å². The number of nitrogens with zero attached hydrogens (tertiary/aromatic N) is 2. The third-order valence-corrected chi connectivity index (χ3v) is 3.94. The molecule has 128 valence electrons. The maximum atomic E-state index is 12.4. The first-order valence-electron chi connectivity index (χ1n) is 7.51. The molecule has 2 amide bonds. The van der Waals surface area contributed by atoms with Gasteiger partial charge in [-0.15, -0.1) is 0 Å². The van der Waals surface area contributed by atoms with E-state index in [1.54, 1.807) is 18.9 Å². The van der Waals surface area contributed by atoms with Gasteiger partial charge in [-0.2, -0.15) is 5.26 Å². The largest absolute Gasteiger partial charge is 0.443 e. The summed E-state index contributed by atoms with van der Waals surface area (Å²) in [6.45, 7) is 4.00. The molecule has 1 aliphatic heterocycles. The Kier molecular flexibility index (Phi) is 5.36. The molecule has 1 fully saturated rings. The van der Waals surface area contributed by atoms with Gasteiger partial charge in [0.15, 0.2) is 5.78 Å². The maximum absolute atomic E-state index is 12.4. The summed E-state index contributed by atoms with van der Waals surface area (Å²) in [7, 11) is 1.54. The zero-order valence-corrected chi connectivity index (χ0v) is 13.8. The zero-order valence-electron chi connectivity index (χ0n) is 13.8. The summed E-state index contributed by atoms with van der Waals surface area (Å²) in [6, 6.07) is 1.88. The molecule has 0 aliphatic carbocycles. The Hall–Kier alpha value is -2.66. The van der Waals surface area contributed by atoms with Gasteiger partial charge in [0, 0.05) is 26.6 Å². The number of rotatable bonds is 6. The van der Waals surface area contributed by atoms with Gasteiger partial charge in [0.2, 0.25) is 17.7 Å². The second-order valence-corrected chi connectivity index (χ2v) is 5.63. The fraction of sp³-hybridized carbons (Fsp3) is 0.500. The van der Waals surface area contributed by atoms with Gasteiger partial charge in [0.1, 0.15) is 17.4 Å². The minimum Gasteiger partial charge on any atom is -0.443 e. The van der Waals surface area contributed by atoms with Crippen molar-refractivity contribution in [2.24, 2.45) is 5.92 Å². The third-order valence-electron chi connectivity index (χ3n) is 3.94. The van der Waals surface area contributed by atoms with E-state index >= 15 is 0 Å². The van der Waals surface area contributed by atoms with Gasteiger partial charge in [-0.3, -0.25) is 19.7 Å². The average Bonchev–Trinajstić information content (AvgIpc) is 3.04. The van der Waals surface area contributed by atoms with Crippen molar-refractivity contribution in [1.29, 1.82) is 5.26 Å². The number of nitrogens with one attached hydrogen (secondary N) is 1. The number of methoxy groups -OCH3 is 1. The molecule has 1 aliphatic rings. The summed E-state index contributed by atoms with van der Waals surface area (Å²) in [6.07, 6.45) is 0.0939. The predicted octanol–water partition coefficient (Wildman–Crippen LogP) is 1.10. The number of ketones is 1. The second kappa shape index (κ2) is 7.27. The minimum absolute atomic E-state index is 0.00825. The van der Waals surface area contributed by atoms with Crippen LogP contribution in [0.25, 0.3) is 0 Å². The van der Waals surface area contributed by atoms with Gasteiger partial charge in [0.25, 0.3) is 0 Å². The van der Waals surface area contributed by atoms with Gasteiger partial charge in [0.05, 0.1) is 18.1 Å². The number of furan rings is 1. The van der Waals surface area contributed by atoms with E-state index in [1.165, 1.54) is 6.92 Å². The number of ether oxygens (including phenoxy) is 1. The van der Waals surface area contributed by atoms with Crippen molar-refractivity contribution in [2.45, 2.75) is 20.3 Å². The first-order valence-corrected chi connectivity index (χ1v) is 7.51. The molecule has 1 unspecified atom stereocenters. The van der Waals surface area contributed by atoms with Crippen molar-refractivity contribution in [1.82, 2.24) is 4.90 Å². The molecule has 2 rings (SSSR count). The van der Waals surface area contributed by atoms with Crippen LogP contribution < -0.4 is 5.32 Å². The molecule has 0 radical (unpaired) electrons. The maximum Gasteiger partial charge on any atom is 0.232 e. The summed E-state index contributed by atoms with van der Waals surface area (Å²) in [4.78, 5) is 37.4. The molecule has 1 aromatic heterocycles. The molecule has 0 saturated carbocycles. The lowest BCUT2D eigenvalue weighted by atomic mass is 10.1. The number of hydrogen-bond acceptors (Lipinski definition) is 6. The SMILES string of the molecule is COCCN1CC(C(=O)Nc2oc(C)c(C(C)=O)c2C#N)CC1=O. The lowest BCUT2D eigenvalue weighted by molar-refractivity contribution is -0.128. The summed E-state index contributed by atoms with van der Waals surface area (Å²) in [5.74, 6) is -1.15. The monoisotopic (exact) mass is 333 g/mol. The Bertz CT molecular complexity index is 716. The smallest absolute Gasteiger partial charge is 0.232 e. The fourth-order valence-corrected chi connectivity index (χ4v) is 2.74. The van der Waals surface area contributed by atoms with Crippen LogP contribution in [0.3, 0.4) is 0 Å². The van der Waals surface area contributed by atoms with Gasteiger partial charge < -0.3 is 14.1 Å². The lowest BCUT2D eigenvalue weighted by Gasteiger charge is -2.15. The predicted molar refractivity (Wildman–Crippen MR) is 83.4 cm³/mol. The van der Waals surface area contributed by atoms with E-state index < -0.39 is 11.8 Å². The van der Waals surface area contributed by atoms with Gasteiger partial charge in [-0.25, -0.2) is 0 Å². The Morgan fingerprint density at radius 2 is 2.21 bits per heavy atom. The quantitative estimate of drug-likeness (QED) is 0.780. The molecule has 1 atom stereocenters. The van der Waals surface area contributed by atoms with E-state index in [1.807, 2.05) is 6.07 Å². The molecule has 1 aromatic rings. The highest BCUT2D eigenvalue weighted by Crippen LogP contribution is 2.28. The Morgan fingerprint density at radius 3 is 2.79 bits per heavy atom. The number of anilines is 1. The highest BCUT2D eigenvalue weighted by molar-refractivity contribution is 6.02. The van der Waals surface area contributed by atoms with Crippen molar-refractivity contribution >= 4 is 23.5 Å². The van der Waals surface area contributed by atoms with Gasteiger partial charge in [-0.1, -0.05) is 0 Å². The molecule has 8 heteroatoms. The lowest BCUT2D eigenvalue weighted by Crippen LogP contribution is -2.30. The normalized spacial score (nSPS) is 17.0. The highest BCUT2D eigenvalue weighted by Gasteiger charge is 2.35. The number of likely N-dealkylation sites (tertiary alicyclic amines) is 1. The minimum atomic E-state index is -0.535. The van der Waals surface area contributed by atoms with Crippen LogP contribution in [0.15, 0.2) is 4.42 Å². The third kappa shape index (κ3) is 3.46. The highest BCUT2D eigenvalue weighted by atomic mass is 16.5. The number of nitriles is 1. The molecular weight excluding hydrogens is 314 g/mol. The topological polar surface area (TPSA) is 113 Å². The van der Waals surface area contributed by atoms with Crippen LogP contribution in [-0.4, -0.2) is 49.3 Å². The number of aryl methyl sites for hydroxylation is 1. The van der Waals surface area contributed by atoms with Crippen LogP contribution in [0.2, 0.25) is 0 Å². The molecule has 1 N–H and O–H groups in total. The average molecular weight is 333 g/mol. The van der Waals surface area contributed by atoms with Gasteiger partial charge >= 0.3 is 0 Å². The number of carbonyl (C=O) groups is 3. The van der Waals surface area contributed by atoms with E-state index in [2.05, 4.69) is 5.32 Å². The van der Waals surface area contributed by atoms with Crippen molar-refractivity contribution in [3.63, 3.8) is 0 Å². The summed E-state index contributed by atoms with van der Waals surface area (Å²) in [5.41, 5.74) is 0.172. The first kappa shape index (κ1) is 17.7. The van der Waals surface area contributed by atoms with Crippen LogP contribution in [0.5, 0.6) is 0 Å². The molecule has 0 aromatic carbocycles. The summed E-state index contributed by atoms with van der Waals surface area (Å²) >= 11 is 0. The van der Waals surface area contributed by atoms with Crippen molar-refractivity contribution < 1.29 is 23.5 Å². The first-order chi connectivity index (χ1) is 11.4. The molecule has 24 heavy (non-hydrogen) atoms. The van der Waals surface area contributed by atoms with Crippen LogP contribution in [0.4, 0.5) is 5.88 Å².